The Hall–Kier alpha value is -2.15. The molecule has 0 radical (unpaired) electrons. The number of amides is 1. The number of hydrogen-bond acceptors (Lipinski definition) is 6. The van der Waals surface area contributed by atoms with E-state index in [1.165, 1.54) is 39.3 Å². The highest BCUT2D eigenvalue weighted by atomic mass is 16.5. The van der Waals surface area contributed by atoms with E-state index in [0.717, 1.165) is 37.1 Å². The molecule has 0 aromatic carbocycles. The molecule has 0 spiro atoms. The minimum Gasteiger partial charge on any atom is -0.452 e. The summed E-state index contributed by atoms with van der Waals surface area (Å²) in [6.07, 6.45) is 7.02. The maximum Gasteiger partial charge on any atom is 0.303 e. The number of hydrogen-bond donors (Lipinski definition) is 1. The van der Waals surface area contributed by atoms with Gasteiger partial charge in [0.05, 0.1) is 0 Å². The van der Waals surface area contributed by atoms with E-state index in [9.17, 15) is 9.59 Å². The van der Waals surface area contributed by atoms with Crippen LogP contribution >= 0.6 is 0 Å². The number of carbonyl (C=O) groups excluding carboxylic acids is 2. The molecule has 1 aromatic rings. The fraction of sp³-hybridized carbons (Fsp3) is 0.667. The van der Waals surface area contributed by atoms with Gasteiger partial charge in [0.15, 0.2) is 6.10 Å². The molecule has 1 amide bonds. The maximum atomic E-state index is 13.1. The lowest BCUT2D eigenvalue weighted by molar-refractivity contribution is -0.159. The van der Waals surface area contributed by atoms with Crippen molar-refractivity contribution in [3.63, 3.8) is 0 Å². The molecule has 28 heavy (non-hydrogen) atoms. The second-order valence-corrected chi connectivity index (χ2v) is 8.00. The van der Waals surface area contributed by atoms with Crippen LogP contribution in [0.4, 0.5) is 5.82 Å². The van der Waals surface area contributed by atoms with Gasteiger partial charge in [0.25, 0.3) is 5.91 Å². The van der Waals surface area contributed by atoms with Crippen molar-refractivity contribution in [3.05, 3.63) is 23.4 Å². The lowest BCUT2D eigenvalue weighted by Crippen LogP contribution is -2.51. The fourth-order valence-corrected chi connectivity index (χ4v) is 4.29. The highest BCUT2D eigenvalue weighted by molar-refractivity contribution is 5.83. The first-order valence-electron chi connectivity index (χ1n) is 10.3. The molecule has 1 aromatic heterocycles. The third kappa shape index (κ3) is 5.22. The number of ether oxygens (including phenoxy) is 1. The second-order valence-electron chi connectivity index (χ2n) is 8.00. The highest BCUT2D eigenvalue weighted by Gasteiger charge is 2.32. The van der Waals surface area contributed by atoms with Crippen LogP contribution in [0.1, 0.15) is 50.2 Å². The predicted molar refractivity (Wildman–Crippen MR) is 108 cm³/mol. The number of esters is 1. The van der Waals surface area contributed by atoms with Crippen molar-refractivity contribution in [3.8, 4) is 0 Å². The zero-order valence-corrected chi connectivity index (χ0v) is 17.0. The van der Waals surface area contributed by atoms with Gasteiger partial charge in [0.2, 0.25) is 0 Å². The van der Waals surface area contributed by atoms with Gasteiger partial charge in [-0.3, -0.25) is 9.59 Å². The monoisotopic (exact) mass is 388 g/mol. The van der Waals surface area contributed by atoms with Crippen LogP contribution in [0.5, 0.6) is 0 Å². The predicted octanol–water partition coefficient (Wildman–Crippen LogP) is 1.92. The molecule has 2 N–H and O–H groups in total. The standard InChI is InChI=1S/C21H32N4O3/c1-15-12-17(14-23-20(15)22)13-19(28-16(2)26)21(27)25-10-6-18(7-11-25)24-8-4-3-5-9-24/h12,14,18-19H,3-11,13H2,1-2H3,(H2,22,23)/t19-/m1/s1. The van der Waals surface area contributed by atoms with E-state index < -0.39 is 12.1 Å². The van der Waals surface area contributed by atoms with Crippen molar-refractivity contribution < 1.29 is 14.3 Å². The molecule has 7 nitrogen and oxygen atoms in total. The summed E-state index contributed by atoms with van der Waals surface area (Å²) >= 11 is 0. The van der Waals surface area contributed by atoms with E-state index in [1.54, 1.807) is 6.20 Å². The Balaban J connectivity index is 1.61. The van der Waals surface area contributed by atoms with E-state index in [4.69, 9.17) is 10.5 Å². The van der Waals surface area contributed by atoms with Crippen molar-refractivity contribution in [2.45, 2.75) is 64.5 Å². The summed E-state index contributed by atoms with van der Waals surface area (Å²) in [6, 6.07) is 2.47. The van der Waals surface area contributed by atoms with Gasteiger partial charge in [-0.05, 0) is 56.8 Å². The van der Waals surface area contributed by atoms with Crippen molar-refractivity contribution in [2.75, 3.05) is 31.9 Å². The number of nitrogen functional groups attached to an aromatic ring is 1. The average molecular weight is 389 g/mol. The van der Waals surface area contributed by atoms with Crippen molar-refractivity contribution in [1.29, 1.82) is 0 Å². The summed E-state index contributed by atoms with van der Waals surface area (Å²) in [6.45, 7) is 7.01. The normalized spacial score (nSPS) is 20.0. The second kappa shape index (κ2) is 9.37. The quantitative estimate of drug-likeness (QED) is 0.776. The minimum absolute atomic E-state index is 0.109. The molecule has 0 aliphatic carbocycles. The van der Waals surface area contributed by atoms with Gasteiger partial charge in [-0.15, -0.1) is 0 Å². The van der Waals surface area contributed by atoms with Crippen molar-refractivity contribution in [1.82, 2.24) is 14.8 Å². The van der Waals surface area contributed by atoms with Gasteiger partial charge in [-0.25, -0.2) is 4.98 Å². The molecule has 7 heteroatoms. The Morgan fingerprint density at radius 2 is 1.89 bits per heavy atom. The smallest absolute Gasteiger partial charge is 0.303 e. The van der Waals surface area contributed by atoms with Crippen LogP contribution < -0.4 is 5.73 Å². The molecule has 2 saturated heterocycles. The van der Waals surface area contributed by atoms with Gasteiger partial charge in [0, 0.05) is 38.7 Å². The molecule has 0 unspecified atom stereocenters. The number of piperidine rings is 2. The third-order valence-electron chi connectivity index (χ3n) is 5.86. The van der Waals surface area contributed by atoms with Crippen LogP contribution in [0.15, 0.2) is 12.3 Å². The number of nitrogens with zero attached hydrogens (tertiary/aromatic N) is 3. The minimum atomic E-state index is -0.811. The molecule has 2 fully saturated rings. The number of rotatable bonds is 5. The fourth-order valence-electron chi connectivity index (χ4n) is 4.29. The Morgan fingerprint density at radius 1 is 1.21 bits per heavy atom. The first kappa shape index (κ1) is 20.6. The topological polar surface area (TPSA) is 88.8 Å². The zero-order chi connectivity index (χ0) is 20.1. The van der Waals surface area contributed by atoms with Gasteiger partial charge >= 0.3 is 5.97 Å². The van der Waals surface area contributed by atoms with E-state index in [2.05, 4.69) is 9.88 Å². The molecule has 2 aliphatic rings. The van der Waals surface area contributed by atoms with Crippen LogP contribution in [0.2, 0.25) is 0 Å². The molecule has 2 aliphatic heterocycles. The summed E-state index contributed by atoms with van der Waals surface area (Å²) < 4.78 is 5.38. The summed E-state index contributed by atoms with van der Waals surface area (Å²) in [7, 11) is 0. The Bertz CT molecular complexity index is 695. The van der Waals surface area contributed by atoms with Crippen LogP contribution in [0.3, 0.4) is 0 Å². The largest absolute Gasteiger partial charge is 0.452 e. The van der Waals surface area contributed by atoms with Crippen LogP contribution in [0.25, 0.3) is 0 Å². The summed E-state index contributed by atoms with van der Waals surface area (Å²) in [4.78, 5) is 33.2. The number of pyridine rings is 1. The summed E-state index contributed by atoms with van der Waals surface area (Å²) in [5, 5.41) is 0. The molecule has 1 atom stereocenters. The first-order chi connectivity index (χ1) is 13.4. The summed E-state index contributed by atoms with van der Waals surface area (Å²) in [5.74, 6) is -0.0812. The van der Waals surface area contributed by atoms with Crippen LogP contribution in [-0.2, 0) is 20.7 Å². The Morgan fingerprint density at radius 3 is 2.50 bits per heavy atom. The average Bonchev–Trinajstić information content (AvgIpc) is 2.70. The zero-order valence-electron chi connectivity index (χ0n) is 17.0. The summed E-state index contributed by atoms with van der Waals surface area (Å²) in [5.41, 5.74) is 7.47. The molecule has 0 bridgehead atoms. The number of carbonyl (C=O) groups is 2. The Kier molecular flexibility index (Phi) is 6.88. The van der Waals surface area contributed by atoms with Gasteiger partial charge in [0.1, 0.15) is 5.82 Å². The molecule has 3 heterocycles. The maximum absolute atomic E-state index is 13.1. The van der Waals surface area contributed by atoms with Crippen LogP contribution in [-0.4, -0.2) is 65.0 Å². The molecular weight excluding hydrogens is 356 g/mol. The molecular formula is C21H32N4O3. The van der Waals surface area contributed by atoms with E-state index in [1.807, 2.05) is 17.9 Å². The van der Waals surface area contributed by atoms with E-state index in [0.29, 0.717) is 18.3 Å². The molecule has 154 valence electrons. The highest BCUT2D eigenvalue weighted by Crippen LogP contribution is 2.22. The number of nitrogens with two attached hydrogens (primary N) is 1. The Labute approximate surface area is 167 Å². The van der Waals surface area contributed by atoms with E-state index in [-0.39, 0.29) is 5.91 Å². The SMILES string of the molecule is CC(=O)O[C@H](Cc1cnc(N)c(C)c1)C(=O)N1CCC(N2CCCCC2)CC1. The van der Waals surface area contributed by atoms with Crippen LogP contribution in [0, 0.1) is 6.92 Å². The van der Waals surface area contributed by atoms with Gasteiger partial charge in [-0.1, -0.05) is 12.5 Å². The number of aromatic nitrogens is 1. The first-order valence-corrected chi connectivity index (χ1v) is 10.3. The van der Waals surface area contributed by atoms with Gasteiger partial charge in [-0.2, -0.15) is 0 Å². The van der Waals surface area contributed by atoms with E-state index >= 15 is 0 Å². The lowest BCUT2D eigenvalue weighted by atomic mass is 9.99. The number of likely N-dealkylation sites (tertiary alicyclic amines) is 2. The number of aryl methyl sites for hydroxylation is 1. The van der Waals surface area contributed by atoms with Crippen molar-refractivity contribution in [2.24, 2.45) is 0 Å². The van der Waals surface area contributed by atoms with Gasteiger partial charge < -0.3 is 20.3 Å². The molecule has 0 saturated carbocycles. The lowest BCUT2D eigenvalue weighted by Gasteiger charge is -2.40. The number of anilines is 1. The molecule has 3 rings (SSSR count). The van der Waals surface area contributed by atoms with Crippen molar-refractivity contribution >= 4 is 17.7 Å². The third-order valence-corrected chi connectivity index (χ3v) is 5.86.